The third-order valence-corrected chi connectivity index (χ3v) is 2.97. The molecule has 2 rings (SSSR count). The van der Waals surface area contributed by atoms with Crippen molar-refractivity contribution < 1.29 is 14.3 Å². The zero-order chi connectivity index (χ0) is 12.5. The lowest BCUT2D eigenvalue weighted by molar-refractivity contribution is -0.132. The molecule has 7 heteroatoms. The van der Waals surface area contributed by atoms with Gasteiger partial charge in [-0.3, -0.25) is 4.79 Å². The van der Waals surface area contributed by atoms with Crippen molar-refractivity contribution in [3.8, 4) is 0 Å². The minimum Gasteiger partial charge on any atom is -0.371 e. The molecule has 0 aliphatic carbocycles. The summed E-state index contributed by atoms with van der Waals surface area (Å²) >= 11 is 0. The lowest BCUT2D eigenvalue weighted by atomic mass is 10.0. The zero-order valence-electron chi connectivity index (χ0n) is 10.0. The lowest BCUT2D eigenvalue weighted by Gasteiger charge is -2.31. The number of hydrogen-bond donors (Lipinski definition) is 1. The Morgan fingerprint density at radius 1 is 1.41 bits per heavy atom. The van der Waals surface area contributed by atoms with Gasteiger partial charge in [0.05, 0.1) is 31.1 Å². The average Bonchev–Trinajstić information content (AvgIpc) is 3.15. The number of epoxide rings is 2. The maximum absolute atomic E-state index is 12.0. The summed E-state index contributed by atoms with van der Waals surface area (Å²) in [4.78, 5) is 22.7. The Labute approximate surface area is 99.4 Å². The maximum atomic E-state index is 12.0. The summed E-state index contributed by atoms with van der Waals surface area (Å²) < 4.78 is 10.0. The van der Waals surface area contributed by atoms with Crippen LogP contribution in [0.15, 0.2) is 5.29 Å². The van der Waals surface area contributed by atoms with Crippen LogP contribution in [0, 0.1) is 4.91 Å². The van der Waals surface area contributed by atoms with Crippen LogP contribution in [0.4, 0.5) is 0 Å². The summed E-state index contributed by atoms with van der Waals surface area (Å²) in [6.45, 7) is 5.48. The van der Waals surface area contributed by atoms with Gasteiger partial charge in [-0.15, -0.1) is 4.91 Å². The van der Waals surface area contributed by atoms with Crippen LogP contribution in [-0.2, 0) is 14.3 Å². The van der Waals surface area contributed by atoms with Gasteiger partial charge in [0.1, 0.15) is 11.6 Å². The maximum Gasteiger partial charge on any atom is 0.247 e. The summed E-state index contributed by atoms with van der Waals surface area (Å²) in [6.07, 6.45) is 0.144. The predicted octanol–water partition coefficient (Wildman–Crippen LogP) is -0.338. The summed E-state index contributed by atoms with van der Waals surface area (Å²) in [5, 5.41) is 6.89. The van der Waals surface area contributed by atoms with Crippen LogP contribution in [0.2, 0.25) is 0 Å². The van der Waals surface area contributed by atoms with E-state index in [-0.39, 0.29) is 18.1 Å². The normalized spacial score (nSPS) is 26.2. The Bertz CT molecular complexity index is 313. The molecule has 0 aromatic carbocycles. The van der Waals surface area contributed by atoms with Crippen molar-refractivity contribution in [2.45, 2.75) is 31.6 Å². The SMILES string of the molecule is CC(C)(C(=O)NCC1CO1)N(CC1CO1)N=O. The zero-order valence-corrected chi connectivity index (χ0v) is 10.0. The van der Waals surface area contributed by atoms with Crippen LogP contribution in [-0.4, -0.2) is 55.0 Å². The van der Waals surface area contributed by atoms with Gasteiger partial charge in [-0.1, -0.05) is 0 Å². The van der Waals surface area contributed by atoms with Crippen LogP contribution in [0.3, 0.4) is 0 Å². The molecule has 96 valence electrons. The quantitative estimate of drug-likeness (QED) is 0.375. The topological polar surface area (TPSA) is 86.8 Å². The first kappa shape index (κ1) is 12.3. The van der Waals surface area contributed by atoms with Gasteiger partial charge in [0, 0.05) is 6.54 Å². The van der Waals surface area contributed by atoms with E-state index in [1.807, 2.05) is 0 Å². The summed E-state index contributed by atoms with van der Waals surface area (Å²) in [5.41, 5.74) is -0.970. The number of ether oxygens (including phenoxy) is 2. The van der Waals surface area contributed by atoms with Gasteiger partial charge in [0.2, 0.25) is 5.91 Å². The van der Waals surface area contributed by atoms with Crippen molar-refractivity contribution >= 4 is 5.91 Å². The molecule has 1 N–H and O–H groups in total. The Kier molecular flexibility index (Phi) is 3.30. The van der Waals surface area contributed by atoms with Crippen LogP contribution < -0.4 is 5.32 Å². The number of carbonyl (C=O) groups is 1. The van der Waals surface area contributed by atoms with Crippen molar-refractivity contribution in [3.05, 3.63) is 4.91 Å². The predicted molar refractivity (Wildman–Crippen MR) is 59.1 cm³/mol. The van der Waals surface area contributed by atoms with Crippen LogP contribution >= 0.6 is 0 Å². The summed E-state index contributed by atoms with van der Waals surface area (Å²) in [6, 6.07) is 0. The minimum atomic E-state index is -0.970. The standard InChI is InChI=1S/C10H17N3O4/c1-10(2,9(14)11-3-7-5-16-7)13(12-15)4-8-6-17-8/h7-8H,3-6H2,1-2H3,(H,11,14). The highest BCUT2D eigenvalue weighted by molar-refractivity contribution is 5.85. The second kappa shape index (κ2) is 4.58. The van der Waals surface area contributed by atoms with Crippen molar-refractivity contribution in [2.75, 3.05) is 26.3 Å². The molecule has 2 aliphatic heterocycles. The summed E-state index contributed by atoms with van der Waals surface area (Å²) in [7, 11) is 0. The molecular weight excluding hydrogens is 226 g/mol. The van der Waals surface area contributed by atoms with Crippen molar-refractivity contribution in [1.29, 1.82) is 0 Å². The van der Waals surface area contributed by atoms with Gasteiger partial charge in [-0.2, -0.15) is 0 Å². The molecule has 1 amide bonds. The average molecular weight is 243 g/mol. The second-order valence-electron chi connectivity index (χ2n) is 4.84. The molecule has 7 nitrogen and oxygen atoms in total. The number of hydrogen-bond acceptors (Lipinski definition) is 5. The third-order valence-electron chi connectivity index (χ3n) is 2.97. The first-order valence-corrected chi connectivity index (χ1v) is 5.66. The fraction of sp³-hybridized carbons (Fsp3) is 0.900. The first-order chi connectivity index (χ1) is 8.04. The molecule has 2 heterocycles. The van der Waals surface area contributed by atoms with E-state index in [1.165, 1.54) is 5.01 Å². The summed E-state index contributed by atoms with van der Waals surface area (Å²) in [5.74, 6) is -0.228. The van der Waals surface area contributed by atoms with E-state index in [2.05, 4.69) is 10.6 Å². The van der Waals surface area contributed by atoms with Crippen LogP contribution in [0.5, 0.6) is 0 Å². The lowest BCUT2D eigenvalue weighted by Crippen LogP contribution is -2.54. The fourth-order valence-electron chi connectivity index (χ4n) is 1.46. The highest BCUT2D eigenvalue weighted by Crippen LogP contribution is 2.20. The van der Waals surface area contributed by atoms with Gasteiger partial charge in [-0.25, -0.2) is 5.01 Å². The largest absolute Gasteiger partial charge is 0.371 e. The molecule has 0 aromatic rings. The van der Waals surface area contributed by atoms with E-state index in [0.717, 1.165) is 0 Å². The van der Waals surface area contributed by atoms with Gasteiger partial charge < -0.3 is 14.8 Å². The number of rotatable bonds is 7. The van der Waals surface area contributed by atoms with E-state index in [4.69, 9.17) is 9.47 Å². The molecule has 2 aliphatic rings. The molecule has 17 heavy (non-hydrogen) atoms. The Hall–Kier alpha value is -1.21. The molecule has 2 saturated heterocycles. The van der Waals surface area contributed by atoms with E-state index >= 15 is 0 Å². The van der Waals surface area contributed by atoms with Gasteiger partial charge in [-0.05, 0) is 13.8 Å². The number of nitrogens with zero attached hydrogens (tertiary/aromatic N) is 2. The van der Waals surface area contributed by atoms with Gasteiger partial charge in [0.15, 0.2) is 0 Å². The number of nitroso groups, excluding NO2 is 1. The van der Waals surface area contributed by atoms with Crippen molar-refractivity contribution in [1.82, 2.24) is 10.3 Å². The van der Waals surface area contributed by atoms with E-state index in [9.17, 15) is 9.70 Å². The van der Waals surface area contributed by atoms with Crippen LogP contribution in [0.1, 0.15) is 13.8 Å². The molecule has 0 saturated carbocycles. The minimum absolute atomic E-state index is 0.0199. The number of nitrogens with one attached hydrogen (secondary N) is 1. The Balaban J connectivity index is 1.87. The monoisotopic (exact) mass is 243 g/mol. The van der Waals surface area contributed by atoms with E-state index in [1.54, 1.807) is 13.8 Å². The highest BCUT2D eigenvalue weighted by atomic mass is 16.6. The molecule has 2 atom stereocenters. The molecule has 2 fully saturated rings. The molecule has 0 aromatic heterocycles. The van der Waals surface area contributed by atoms with Crippen LogP contribution in [0.25, 0.3) is 0 Å². The second-order valence-corrected chi connectivity index (χ2v) is 4.84. The Morgan fingerprint density at radius 2 is 2.00 bits per heavy atom. The van der Waals surface area contributed by atoms with E-state index < -0.39 is 5.54 Å². The smallest absolute Gasteiger partial charge is 0.247 e. The molecule has 0 spiro atoms. The molecule has 0 bridgehead atoms. The molecular formula is C10H17N3O4. The highest BCUT2D eigenvalue weighted by Gasteiger charge is 2.39. The first-order valence-electron chi connectivity index (χ1n) is 5.66. The van der Waals surface area contributed by atoms with Gasteiger partial charge >= 0.3 is 0 Å². The van der Waals surface area contributed by atoms with Crippen molar-refractivity contribution in [3.63, 3.8) is 0 Å². The number of carbonyl (C=O) groups excluding carboxylic acids is 1. The molecule has 2 unspecified atom stereocenters. The number of amides is 1. The van der Waals surface area contributed by atoms with Crippen molar-refractivity contribution in [2.24, 2.45) is 5.29 Å². The van der Waals surface area contributed by atoms with E-state index in [0.29, 0.717) is 26.3 Å². The Morgan fingerprint density at radius 3 is 2.47 bits per heavy atom. The third kappa shape index (κ3) is 3.13. The van der Waals surface area contributed by atoms with Gasteiger partial charge in [0.25, 0.3) is 0 Å². The molecule has 0 radical (unpaired) electrons. The fourth-order valence-corrected chi connectivity index (χ4v) is 1.46.